The molecule has 2 aliphatic heterocycles. The van der Waals surface area contributed by atoms with Crippen molar-refractivity contribution < 1.29 is 22.7 Å². The van der Waals surface area contributed by atoms with Crippen LogP contribution < -0.4 is 19.5 Å². The molecule has 3 aromatic rings. The topological polar surface area (TPSA) is 112 Å². The third-order valence-electron chi connectivity index (χ3n) is 5.63. The van der Waals surface area contributed by atoms with Gasteiger partial charge in [0.1, 0.15) is 19.0 Å². The van der Waals surface area contributed by atoms with E-state index in [1.807, 2.05) is 6.20 Å². The van der Waals surface area contributed by atoms with Crippen LogP contribution in [-0.4, -0.2) is 37.1 Å². The van der Waals surface area contributed by atoms with Crippen LogP contribution in [0.25, 0.3) is 0 Å². The average molecular weight is 469 g/mol. The molecule has 33 heavy (non-hydrogen) atoms. The molecule has 2 N–H and O–H groups in total. The lowest BCUT2D eigenvalue weighted by atomic mass is 10.1. The second kappa shape index (κ2) is 8.78. The number of fused-ring (bicyclic) bond motifs is 2. The smallest absolute Gasteiger partial charge is 0.262 e. The van der Waals surface area contributed by atoms with E-state index in [9.17, 15) is 13.2 Å². The summed E-state index contributed by atoms with van der Waals surface area (Å²) >= 11 is 0. The second-order valence-corrected chi connectivity index (χ2v) is 9.62. The Bertz CT molecular complexity index is 1280. The molecule has 1 aromatic heterocycles. The number of sulfonamides is 1. The zero-order valence-corrected chi connectivity index (χ0v) is 18.7. The van der Waals surface area contributed by atoms with Gasteiger partial charge in [-0.25, -0.2) is 13.4 Å². The first-order chi connectivity index (χ1) is 16.0. The van der Waals surface area contributed by atoms with Crippen LogP contribution in [-0.2, 0) is 29.5 Å². The third kappa shape index (κ3) is 4.51. The molecule has 5 rings (SSSR count). The first kappa shape index (κ1) is 21.3. The number of aromatic nitrogens is 2. The zero-order chi connectivity index (χ0) is 22.8. The van der Waals surface area contributed by atoms with Crippen LogP contribution in [0.3, 0.4) is 0 Å². The number of amides is 1. The summed E-state index contributed by atoms with van der Waals surface area (Å²) in [5.74, 6) is 1.53. The van der Waals surface area contributed by atoms with Gasteiger partial charge < -0.3 is 19.4 Å². The van der Waals surface area contributed by atoms with Gasteiger partial charge in [-0.2, -0.15) is 0 Å². The predicted octanol–water partition coefficient (Wildman–Crippen LogP) is 2.72. The lowest BCUT2D eigenvalue weighted by Gasteiger charge is -2.19. The minimum atomic E-state index is -3.95. The molecule has 0 atom stereocenters. The fraction of sp³-hybridized carbons (Fsp3) is 0.304. The van der Waals surface area contributed by atoms with Gasteiger partial charge in [0.25, 0.3) is 15.9 Å². The van der Waals surface area contributed by atoms with Gasteiger partial charge >= 0.3 is 0 Å². The Morgan fingerprint density at radius 2 is 1.88 bits per heavy atom. The van der Waals surface area contributed by atoms with Crippen LogP contribution in [0.4, 0.5) is 5.69 Å². The molecule has 0 unspecified atom stereocenters. The van der Waals surface area contributed by atoms with Gasteiger partial charge in [-0.15, -0.1) is 0 Å². The molecule has 1 amide bonds. The Kier molecular flexibility index (Phi) is 5.67. The fourth-order valence-electron chi connectivity index (χ4n) is 3.99. The minimum absolute atomic E-state index is 0.0190. The number of benzene rings is 2. The first-order valence-corrected chi connectivity index (χ1v) is 12.3. The number of carbonyl (C=O) groups is 1. The van der Waals surface area contributed by atoms with Crippen molar-refractivity contribution in [2.45, 2.75) is 37.2 Å². The molecular formula is C23H24N4O5S. The highest BCUT2D eigenvalue weighted by Crippen LogP contribution is 2.33. The van der Waals surface area contributed by atoms with Gasteiger partial charge in [0.2, 0.25) is 0 Å². The van der Waals surface area contributed by atoms with Crippen molar-refractivity contribution >= 4 is 21.6 Å². The van der Waals surface area contributed by atoms with E-state index < -0.39 is 10.0 Å². The van der Waals surface area contributed by atoms with Crippen molar-refractivity contribution in [1.29, 1.82) is 0 Å². The second-order valence-electron chi connectivity index (χ2n) is 7.94. The van der Waals surface area contributed by atoms with E-state index >= 15 is 0 Å². The predicted molar refractivity (Wildman–Crippen MR) is 121 cm³/mol. The summed E-state index contributed by atoms with van der Waals surface area (Å²) in [6.07, 6.45) is 5.16. The van der Waals surface area contributed by atoms with E-state index in [0.717, 1.165) is 37.3 Å². The summed E-state index contributed by atoms with van der Waals surface area (Å²) < 4.78 is 41.6. The number of anilines is 1. The molecule has 0 aliphatic carbocycles. The number of hydrogen-bond acceptors (Lipinski definition) is 6. The van der Waals surface area contributed by atoms with Gasteiger partial charge in [-0.1, -0.05) is 12.1 Å². The van der Waals surface area contributed by atoms with Gasteiger partial charge in [0, 0.05) is 25.2 Å². The van der Waals surface area contributed by atoms with E-state index in [1.165, 1.54) is 12.1 Å². The highest BCUT2D eigenvalue weighted by Gasteiger charge is 2.22. The number of nitrogens with zero attached hydrogens (tertiary/aromatic N) is 2. The quantitative estimate of drug-likeness (QED) is 0.575. The Labute approximate surface area is 191 Å². The summed E-state index contributed by atoms with van der Waals surface area (Å²) in [6.45, 7) is 1.98. The summed E-state index contributed by atoms with van der Waals surface area (Å²) in [6, 6.07) is 10.9. The summed E-state index contributed by atoms with van der Waals surface area (Å²) in [5.41, 5.74) is 1.20. The van der Waals surface area contributed by atoms with E-state index in [1.54, 1.807) is 30.3 Å². The molecular weight excluding hydrogens is 444 g/mol. The normalized spacial score (nSPS) is 14.9. The SMILES string of the molecule is O=C(NCc1cn2c(n1)CCCC2)c1ccccc1NS(=O)(=O)c1ccc2c(c1)OCCO2. The molecule has 0 fully saturated rings. The number of ether oxygens (including phenoxy) is 2. The van der Waals surface area contributed by atoms with Crippen LogP contribution in [0.2, 0.25) is 0 Å². The molecule has 172 valence electrons. The minimum Gasteiger partial charge on any atom is -0.486 e. The standard InChI is InChI=1S/C23H24N4O5S/c28-23(24-14-16-15-27-10-4-3-7-22(27)25-16)18-5-1-2-6-19(18)26-33(29,30)17-8-9-20-21(13-17)32-12-11-31-20/h1-2,5-6,8-9,13,15,26H,3-4,7,10-12,14H2,(H,24,28). The van der Waals surface area contributed by atoms with E-state index in [0.29, 0.717) is 24.7 Å². The highest BCUT2D eigenvalue weighted by atomic mass is 32.2. The third-order valence-corrected chi connectivity index (χ3v) is 6.99. The molecule has 0 radical (unpaired) electrons. The molecule has 9 nitrogen and oxygen atoms in total. The van der Waals surface area contributed by atoms with Crippen molar-refractivity contribution in [2.24, 2.45) is 0 Å². The van der Waals surface area contributed by atoms with Crippen molar-refractivity contribution in [3.05, 3.63) is 65.7 Å². The van der Waals surface area contributed by atoms with E-state index in [2.05, 4.69) is 19.6 Å². The van der Waals surface area contributed by atoms with Gasteiger partial charge in [0.15, 0.2) is 11.5 Å². The molecule has 2 aliphatic rings. The Balaban J connectivity index is 1.32. The molecule has 0 bridgehead atoms. The average Bonchev–Trinajstić information content (AvgIpc) is 3.25. The van der Waals surface area contributed by atoms with Crippen LogP contribution >= 0.6 is 0 Å². The Morgan fingerprint density at radius 1 is 1.06 bits per heavy atom. The number of imidazole rings is 1. The van der Waals surface area contributed by atoms with Crippen molar-refractivity contribution in [2.75, 3.05) is 17.9 Å². The maximum atomic E-state index is 13.0. The molecule has 10 heteroatoms. The van der Waals surface area contributed by atoms with Crippen LogP contribution in [0, 0.1) is 0 Å². The molecule has 0 spiro atoms. The highest BCUT2D eigenvalue weighted by molar-refractivity contribution is 7.92. The zero-order valence-electron chi connectivity index (χ0n) is 17.9. The lowest BCUT2D eigenvalue weighted by Crippen LogP contribution is -2.25. The number of rotatable bonds is 6. The monoisotopic (exact) mass is 468 g/mol. The first-order valence-electron chi connectivity index (χ1n) is 10.8. The van der Waals surface area contributed by atoms with Crippen LogP contribution in [0.1, 0.15) is 34.7 Å². The Morgan fingerprint density at radius 3 is 2.73 bits per heavy atom. The van der Waals surface area contributed by atoms with Gasteiger partial charge in [-0.05, 0) is 37.1 Å². The van der Waals surface area contributed by atoms with Crippen molar-refractivity contribution in [3.8, 4) is 11.5 Å². The number of nitrogens with one attached hydrogen (secondary N) is 2. The van der Waals surface area contributed by atoms with E-state index in [4.69, 9.17) is 9.47 Å². The molecule has 2 aromatic carbocycles. The van der Waals surface area contributed by atoms with Crippen LogP contribution in [0.15, 0.2) is 53.6 Å². The molecule has 0 saturated carbocycles. The maximum Gasteiger partial charge on any atom is 0.262 e. The van der Waals surface area contributed by atoms with Crippen molar-refractivity contribution in [1.82, 2.24) is 14.9 Å². The molecule has 0 saturated heterocycles. The summed E-state index contributed by atoms with van der Waals surface area (Å²) in [7, 11) is -3.95. The van der Waals surface area contributed by atoms with Crippen molar-refractivity contribution in [3.63, 3.8) is 0 Å². The number of hydrogen-bond donors (Lipinski definition) is 2. The van der Waals surface area contributed by atoms with E-state index in [-0.39, 0.29) is 28.6 Å². The number of carbonyl (C=O) groups excluding carboxylic acids is 1. The maximum absolute atomic E-state index is 13.0. The fourth-order valence-corrected chi connectivity index (χ4v) is 5.08. The lowest BCUT2D eigenvalue weighted by molar-refractivity contribution is 0.0951. The van der Waals surface area contributed by atoms with Gasteiger partial charge in [0.05, 0.1) is 28.4 Å². The largest absolute Gasteiger partial charge is 0.486 e. The number of para-hydroxylation sites is 1. The number of aryl methyl sites for hydroxylation is 2. The Hall–Kier alpha value is -3.53. The summed E-state index contributed by atoms with van der Waals surface area (Å²) in [5, 5.41) is 2.85. The summed E-state index contributed by atoms with van der Waals surface area (Å²) in [4.78, 5) is 17.5. The van der Waals surface area contributed by atoms with Crippen LogP contribution in [0.5, 0.6) is 11.5 Å². The van der Waals surface area contributed by atoms with Gasteiger partial charge in [-0.3, -0.25) is 9.52 Å². The molecule has 3 heterocycles.